The number of rotatable bonds is 2. The van der Waals surface area contributed by atoms with Crippen molar-refractivity contribution in [2.24, 2.45) is 0 Å². The van der Waals surface area contributed by atoms with E-state index in [2.05, 4.69) is 22.8 Å². The average molecular weight is 243 g/mol. The second-order valence-corrected chi connectivity index (χ2v) is 4.69. The summed E-state index contributed by atoms with van der Waals surface area (Å²) in [5.41, 5.74) is 1.96. The molecular formula is C14H10FNS. The van der Waals surface area contributed by atoms with E-state index in [-0.39, 0.29) is 5.82 Å². The molecule has 2 aromatic carbocycles. The smallest absolute Gasteiger partial charge is 0.123 e. The third kappa shape index (κ3) is 2.01. The fraction of sp³-hybridized carbons (Fsp3) is 0. The van der Waals surface area contributed by atoms with E-state index in [9.17, 15) is 4.39 Å². The molecule has 0 aliphatic carbocycles. The van der Waals surface area contributed by atoms with E-state index in [1.807, 2.05) is 12.1 Å². The van der Waals surface area contributed by atoms with Crippen molar-refractivity contribution in [2.45, 2.75) is 0 Å². The lowest BCUT2D eigenvalue weighted by Gasteiger charge is -2.04. The molecule has 0 amide bonds. The standard InChI is InChI=1S/C14H10FNS/c15-10-5-7-11(8-6-10)16-13-9-17-14-4-2-1-3-12(13)14/h1-9,16H. The summed E-state index contributed by atoms with van der Waals surface area (Å²) in [7, 11) is 0. The molecule has 0 unspecified atom stereocenters. The maximum absolute atomic E-state index is 12.8. The van der Waals surface area contributed by atoms with Gasteiger partial charge in [-0.1, -0.05) is 18.2 Å². The highest BCUT2D eigenvalue weighted by Gasteiger charge is 2.03. The second-order valence-electron chi connectivity index (χ2n) is 3.78. The highest BCUT2D eigenvalue weighted by molar-refractivity contribution is 7.17. The van der Waals surface area contributed by atoms with Gasteiger partial charge in [-0.3, -0.25) is 0 Å². The molecule has 0 atom stereocenters. The van der Waals surface area contributed by atoms with Gasteiger partial charge in [0.05, 0.1) is 5.69 Å². The monoisotopic (exact) mass is 243 g/mol. The molecule has 0 aliphatic heterocycles. The minimum atomic E-state index is -0.217. The molecule has 0 saturated heterocycles. The predicted octanol–water partition coefficient (Wildman–Crippen LogP) is 4.78. The Morgan fingerprint density at radius 2 is 1.71 bits per heavy atom. The summed E-state index contributed by atoms with van der Waals surface area (Å²) < 4.78 is 14.0. The van der Waals surface area contributed by atoms with Crippen LogP contribution in [0.3, 0.4) is 0 Å². The largest absolute Gasteiger partial charge is 0.354 e. The number of benzene rings is 2. The van der Waals surface area contributed by atoms with Gasteiger partial charge in [-0.2, -0.15) is 0 Å². The number of fused-ring (bicyclic) bond motifs is 1. The fourth-order valence-corrected chi connectivity index (χ4v) is 2.66. The van der Waals surface area contributed by atoms with Crippen LogP contribution in [0.2, 0.25) is 0 Å². The van der Waals surface area contributed by atoms with Gasteiger partial charge in [0.2, 0.25) is 0 Å². The number of halogens is 1. The van der Waals surface area contributed by atoms with Crippen LogP contribution < -0.4 is 5.32 Å². The van der Waals surface area contributed by atoms with Crippen molar-refractivity contribution in [1.29, 1.82) is 0 Å². The van der Waals surface area contributed by atoms with E-state index < -0.39 is 0 Å². The molecule has 1 N–H and O–H groups in total. The average Bonchev–Trinajstić information content (AvgIpc) is 2.76. The summed E-state index contributed by atoms with van der Waals surface area (Å²) in [4.78, 5) is 0. The van der Waals surface area contributed by atoms with E-state index in [0.29, 0.717) is 0 Å². The Morgan fingerprint density at radius 1 is 0.941 bits per heavy atom. The third-order valence-electron chi connectivity index (χ3n) is 2.60. The van der Waals surface area contributed by atoms with Crippen LogP contribution in [0.5, 0.6) is 0 Å². The van der Waals surface area contributed by atoms with Gasteiger partial charge in [-0.15, -0.1) is 11.3 Å². The van der Waals surface area contributed by atoms with Crippen LogP contribution in [0.1, 0.15) is 0 Å². The van der Waals surface area contributed by atoms with Crippen LogP contribution in [0, 0.1) is 5.82 Å². The zero-order valence-corrected chi connectivity index (χ0v) is 9.80. The SMILES string of the molecule is Fc1ccc(Nc2csc3ccccc23)cc1. The Kier molecular flexibility index (Phi) is 2.53. The quantitative estimate of drug-likeness (QED) is 0.682. The van der Waals surface area contributed by atoms with Gasteiger partial charge in [-0.05, 0) is 30.3 Å². The summed E-state index contributed by atoms with van der Waals surface area (Å²) in [6, 6.07) is 14.6. The Morgan fingerprint density at radius 3 is 2.53 bits per heavy atom. The summed E-state index contributed by atoms with van der Waals surface area (Å²) in [6.07, 6.45) is 0. The maximum Gasteiger partial charge on any atom is 0.123 e. The number of hydrogen-bond donors (Lipinski definition) is 1. The van der Waals surface area contributed by atoms with Crippen LogP contribution in [0.15, 0.2) is 53.9 Å². The molecule has 0 saturated carbocycles. The molecule has 1 heterocycles. The van der Waals surface area contributed by atoms with Gasteiger partial charge in [-0.25, -0.2) is 4.39 Å². The first-order valence-corrected chi connectivity index (χ1v) is 6.20. The van der Waals surface area contributed by atoms with Crippen LogP contribution in [-0.2, 0) is 0 Å². The van der Waals surface area contributed by atoms with Gasteiger partial charge in [0.15, 0.2) is 0 Å². The minimum Gasteiger partial charge on any atom is -0.354 e. The van der Waals surface area contributed by atoms with Crippen molar-refractivity contribution in [3.8, 4) is 0 Å². The van der Waals surface area contributed by atoms with E-state index in [0.717, 1.165) is 11.4 Å². The Bertz CT molecular complexity index is 643. The van der Waals surface area contributed by atoms with E-state index >= 15 is 0 Å². The molecule has 3 aromatic rings. The molecule has 0 fully saturated rings. The first-order chi connectivity index (χ1) is 8.33. The molecule has 0 aliphatic rings. The molecule has 0 radical (unpaired) electrons. The van der Waals surface area contributed by atoms with Crippen LogP contribution >= 0.6 is 11.3 Å². The molecule has 1 nitrogen and oxygen atoms in total. The lowest BCUT2D eigenvalue weighted by Crippen LogP contribution is -1.88. The van der Waals surface area contributed by atoms with E-state index in [4.69, 9.17) is 0 Å². The molecule has 17 heavy (non-hydrogen) atoms. The topological polar surface area (TPSA) is 12.0 Å². The number of anilines is 2. The second kappa shape index (κ2) is 4.18. The van der Waals surface area contributed by atoms with Gasteiger partial charge >= 0.3 is 0 Å². The summed E-state index contributed by atoms with van der Waals surface area (Å²) in [5, 5.41) is 6.57. The molecule has 1 aromatic heterocycles. The number of hydrogen-bond acceptors (Lipinski definition) is 2. The van der Waals surface area contributed by atoms with Crippen molar-refractivity contribution in [2.75, 3.05) is 5.32 Å². The summed E-state index contributed by atoms with van der Waals surface area (Å²) >= 11 is 1.70. The molecule has 0 spiro atoms. The van der Waals surface area contributed by atoms with Gasteiger partial charge in [0.1, 0.15) is 5.82 Å². The fourth-order valence-electron chi connectivity index (χ4n) is 1.76. The first kappa shape index (κ1) is 10.3. The molecule has 3 heteroatoms. The molecule has 84 valence electrons. The Labute approximate surface area is 103 Å². The highest BCUT2D eigenvalue weighted by Crippen LogP contribution is 2.31. The molecule has 0 bridgehead atoms. The van der Waals surface area contributed by atoms with Gasteiger partial charge in [0.25, 0.3) is 0 Å². The molecular weight excluding hydrogens is 233 g/mol. The van der Waals surface area contributed by atoms with E-state index in [1.54, 1.807) is 23.5 Å². The third-order valence-corrected chi connectivity index (χ3v) is 3.57. The van der Waals surface area contributed by atoms with Crippen molar-refractivity contribution in [3.05, 3.63) is 59.7 Å². The maximum atomic E-state index is 12.8. The van der Waals surface area contributed by atoms with Crippen molar-refractivity contribution in [1.82, 2.24) is 0 Å². The molecule has 3 rings (SSSR count). The lowest BCUT2D eigenvalue weighted by molar-refractivity contribution is 0.628. The van der Waals surface area contributed by atoms with Crippen LogP contribution in [0.4, 0.5) is 15.8 Å². The summed E-state index contributed by atoms with van der Waals surface area (Å²) in [5.74, 6) is -0.217. The first-order valence-electron chi connectivity index (χ1n) is 5.32. The van der Waals surface area contributed by atoms with Crippen molar-refractivity contribution in [3.63, 3.8) is 0 Å². The zero-order valence-electron chi connectivity index (χ0n) is 8.98. The highest BCUT2D eigenvalue weighted by atomic mass is 32.1. The Hall–Kier alpha value is -1.87. The minimum absolute atomic E-state index is 0.217. The van der Waals surface area contributed by atoms with Crippen molar-refractivity contribution < 1.29 is 4.39 Å². The predicted molar refractivity (Wildman–Crippen MR) is 71.5 cm³/mol. The number of nitrogens with one attached hydrogen (secondary N) is 1. The normalized spacial score (nSPS) is 10.6. The van der Waals surface area contributed by atoms with Crippen molar-refractivity contribution >= 4 is 32.8 Å². The van der Waals surface area contributed by atoms with Gasteiger partial charge < -0.3 is 5.32 Å². The van der Waals surface area contributed by atoms with Crippen LogP contribution in [-0.4, -0.2) is 0 Å². The van der Waals surface area contributed by atoms with Crippen LogP contribution in [0.25, 0.3) is 10.1 Å². The lowest BCUT2D eigenvalue weighted by atomic mass is 10.2. The Balaban J connectivity index is 1.97. The zero-order chi connectivity index (χ0) is 11.7. The van der Waals surface area contributed by atoms with E-state index in [1.165, 1.54) is 22.2 Å². The van der Waals surface area contributed by atoms with Gasteiger partial charge in [0, 0.05) is 21.2 Å². The number of thiophene rings is 1. The summed E-state index contributed by atoms with van der Waals surface area (Å²) in [6.45, 7) is 0.